The molecule has 1 aromatic heterocycles. The van der Waals surface area contributed by atoms with Gasteiger partial charge in [0, 0.05) is 12.1 Å². The van der Waals surface area contributed by atoms with Crippen molar-refractivity contribution < 1.29 is 0 Å². The van der Waals surface area contributed by atoms with Gasteiger partial charge in [-0.25, -0.2) is 0 Å². The van der Waals surface area contributed by atoms with Crippen molar-refractivity contribution in [3.05, 3.63) is 65.5 Å². The van der Waals surface area contributed by atoms with Gasteiger partial charge in [0.2, 0.25) is 0 Å². The average Bonchev–Trinajstić information content (AvgIpc) is 2.39. The molecule has 0 saturated carbocycles. The third kappa shape index (κ3) is 1.94. The summed E-state index contributed by atoms with van der Waals surface area (Å²) in [5, 5.41) is 9.02. The number of hydrogen-bond donors (Lipinski definition) is 0. The Morgan fingerprint density at radius 1 is 1.12 bits per heavy atom. The summed E-state index contributed by atoms with van der Waals surface area (Å²) in [7, 11) is 0. The van der Waals surface area contributed by atoms with Crippen LogP contribution in [0.4, 0.5) is 0 Å². The Balaban J connectivity index is 2.42. The molecule has 0 aliphatic carbocycles. The van der Waals surface area contributed by atoms with E-state index in [1.54, 1.807) is 12.3 Å². The van der Waals surface area contributed by atoms with Crippen molar-refractivity contribution in [1.82, 2.24) is 4.98 Å². The second-order valence-corrected chi connectivity index (χ2v) is 3.68. The summed E-state index contributed by atoms with van der Waals surface area (Å²) < 4.78 is 0. The van der Waals surface area contributed by atoms with Gasteiger partial charge in [0.15, 0.2) is 0 Å². The van der Waals surface area contributed by atoms with Crippen LogP contribution in [-0.2, 0) is 0 Å². The highest BCUT2D eigenvalue weighted by atomic mass is 14.7. The van der Waals surface area contributed by atoms with E-state index in [-0.39, 0.29) is 5.92 Å². The van der Waals surface area contributed by atoms with Crippen molar-refractivity contribution in [1.29, 1.82) is 5.26 Å². The number of nitriles is 1. The van der Waals surface area contributed by atoms with E-state index in [0.717, 1.165) is 5.69 Å². The first-order valence-electron chi connectivity index (χ1n) is 5.23. The van der Waals surface area contributed by atoms with Gasteiger partial charge in [0.25, 0.3) is 0 Å². The molecule has 2 heteroatoms. The summed E-state index contributed by atoms with van der Waals surface area (Å²) in [5.74, 6) is 0.150. The predicted octanol–water partition coefficient (Wildman–Crippen LogP) is 3.11. The highest BCUT2D eigenvalue weighted by Gasteiger charge is 2.13. The van der Waals surface area contributed by atoms with Gasteiger partial charge in [0.1, 0.15) is 6.07 Å². The number of benzene rings is 1. The van der Waals surface area contributed by atoms with Gasteiger partial charge >= 0.3 is 0 Å². The topological polar surface area (TPSA) is 36.7 Å². The van der Waals surface area contributed by atoms with Crippen LogP contribution in [0.1, 0.15) is 29.7 Å². The maximum atomic E-state index is 9.02. The summed E-state index contributed by atoms with van der Waals surface area (Å²) >= 11 is 0. The maximum Gasteiger partial charge on any atom is 0.101 e. The van der Waals surface area contributed by atoms with Crippen molar-refractivity contribution >= 4 is 0 Å². The third-order valence-corrected chi connectivity index (χ3v) is 2.67. The summed E-state index contributed by atoms with van der Waals surface area (Å²) in [6.45, 7) is 2.07. The van der Waals surface area contributed by atoms with Gasteiger partial charge in [-0.15, -0.1) is 0 Å². The monoisotopic (exact) mass is 208 g/mol. The molecule has 0 aliphatic heterocycles. The highest BCUT2D eigenvalue weighted by molar-refractivity contribution is 5.39. The molecule has 2 aromatic rings. The lowest BCUT2D eigenvalue weighted by atomic mass is 9.94. The van der Waals surface area contributed by atoms with E-state index in [0.29, 0.717) is 5.56 Å². The second kappa shape index (κ2) is 4.59. The molecule has 0 radical (unpaired) electrons. The number of hydrogen-bond acceptors (Lipinski definition) is 2. The minimum atomic E-state index is 0.150. The smallest absolute Gasteiger partial charge is 0.101 e. The van der Waals surface area contributed by atoms with Crippen LogP contribution < -0.4 is 0 Å². The Kier molecular flexibility index (Phi) is 2.98. The Morgan fingerprint density at radius 3 is 2.56 bits per heavy atom. The van der Waals surface area contributed by atoms with Crippen LogP contribution in [0.25, 0.3) is 0 Å². The van der Waals surface area contributed by atoms with E-state index in [1.807, 2.05) is 24.3 Å². The Labute approximate surface area is 95.2 Å². The van der Waals surface area contributed by atoms with E-state index in [9.17, 15) is 0 Å². The van der Waals surface area contributed by atoms with Crippen molar-refractivity contribution in [2.45, 2.75) is 12.8 Å². The SMILES string of the molecule is CC(c1ccccc1)c1ncccc1C#N. The molecule has 0 fully saturated rings. The van der Waals surface area contributed by atoms with Crippen LogP contribution >= 0.6 is 0 Å². The van der Waals surface area contributed by atoms with E-state index in [1.165, 1.54) is 5.56 Å². The van der Waals surface area contributed by atoms with Gasteiger partial charge in [0.05, 0.1) is 11.3 Å². The molecule has 0 amide bonds. The Morgan fingerprint density at radius 2 is 1.88 bits per heavy atom. The maximum absolute atomic E-state index is 9.02. The molecule has 0 bridgehead atoms. The Bertz CT molecular complexity index is 512. The first kappa shape index (κ1) is 10.4. The lowest BCUT2D eigenvalue weighted by Gasteiger charge is -2.12. The fourth-order valence-corrected chi connectivity index (χ4v) is 1.76. The molecule has 1 aromatic carbocycles. The largest absolute Gasteiger partial charge is 0.259 e. The van der Waals surface area contributed by atoms with Crippen LogP contribution in [0.3, 0.4) is 0 Å². The van der Waals surface area contributed by atoms with Gasteiger partial charge < -0.3 is 0 Å². The minimum Gasteiger partial charge on any atom is -0.259 e. The molecule has 1 atom stereocenters. The van der Waals surface area contributed by atoms with Crippen LogP contribution in [0.2, 0.25) is 0 Å². The number of nitrogens with zero attached hydrogens (tertiary/aromatic N) is 2. The third-order valence-electron chi connectivity index (χ3n) is 2.67. The zero-order valence-electron chi connectivity index (χ0n) is 9.09. The van der Waals surface area contributed by atoms with Crippen LogP contribution in [0.15, 0.2) is 48.7 Å². The minimum absolute atomic E-state index is 0.150. The predicted molar refractivity (Wildman–Crippen MR) is 62.9 cm³/mol. The lowest BCUT2D eigenvalue weighted by molar-refractivity contribution is 0.866. The van der Waals surface area contributed by atoms with Crippen LogP contribution in [0.5, 0.6) is 0 Å². The molecule has 2 rings (SSSR count). The molecule has 16 heavy (non-hydrogen) atoms. The normalized spacial score (nSPS) is 11.8. The molecule has 0 saturated heterocycles. The highest BCUT2D eigenvalue weighted by Crippen LogP contribution is 2.24. The van der Waals surface area contributed by atoms with Crippen molar-refractivity contribution in [3.8, 4) is 6.07 Å². The van der Waals surface area contributed by atoms with Crippen molar-refractivity contribution in [2.24, 2.45) is 0 Å². The number of aromatic nitrogens is 1. The summed E-state index contributed by atoms with van der Waals surface area (Å²) in [4.78, 5) is 4.30. The first-order chi connectivity index (χ1) is 7.83. The molecule has 2 nitrogen and oxygen atoms in total. The molecule has 0 aliphatic rings. The molecule has 0 N–H and O–H groups in total. The summed E-state index contributed by atoms with van der Waals surface area (Å²) in [5.41, 5.74) is 2.67. The van der Waals surface area contributed by atoms with Gasteiger partial charge in [-0.3, -0.25) is 4.98 Å². The fourth-order valence-electron chi connectivity index (χ4n) is 1.76. The van der Waals surface area contributed by atoms with E-state index in [4.69, 9.17) is 5.26 Å². The quantitative estimate of drug-likeness (QED) is 0.760. The fraction of sp³-hybridized carbons (Fsp3) is 0.143. The number of pyridine rings is 1. The van der Waals surface area contributed by atoms with Crippen LogP contribution in [0, 0.1) is 11.3 Å². The lowest BCUT2D eigenvalue weighted by Crippen LogP contribution is -2.01. The van der Waals surface area contributed by atoms with Gasteiger partial charge in [-0.2, -0.15) is 5.26 Å². The number of rotatable bonds is 2. The van der Waals surface area contributed by atoms with Gasteiger partial charge in [-0.05, 0) is 17.7 Å². The van der Waals surface area contributed by atoms with Crippen molar-refractivity contribution in [2.75, 3.05) is 0 Å². The van der Waals surface area contributed by atoms with Crippen molar-refractivity contribution in [3.63, 3.8) is 0 Å². The Hall–Kier alpha value is -2.14. The zero-order chi connectivity index (χ0) is 11.4. The van der Waals surface area contributed by atoms with E-state index in [2.05, 4.69) is 30.1 Å². The molecular formula is C14H12N2. The standard InChI is InChI=1S/C14H12N2/c1-11(12-6-3-2-4-7-12)14-13(10-15)8-5-9-16-14/h2-9,11H,1H3. The zero-order valence-corrected chi connectivity index (χ0v) is 9.09. The van der Waals surface area contributed by atoms with Gasteiger partial charge in [-0.1, -0.05) is 37.3 Å². The molecule has 1 heterocycles. The molecule has 1 unspecified atom stereocenters. The van der Waals surface area contributed by atoms with E-state index < -0.39 is 0 Å². The van der Waals surface area contributed by atoms with E-state index >= 15 is 0 Å². The molecule has 78 valence electrons. The first-order valence-corrected chi connectivity index (χ1v) is 5.23. The summed E-state index contributed by atoms with van der Waals surface area (Å²) in [6, 6.07) is 15.9. The molecular weight excluding hydrogens is 196 g/mol. The molecule has 0 spiro atoms. The summed E-state index contributed by atoms with van der Waals surface area (Å²) in [6.07, 6.45) is 1.73. The van der Waals surface area contributed by atoms with Crippen LogP contribution in [-0.4, -0.2) is 4.98 Å². The average molecular weight is 208 g/mol. The second-order valence-electron chi connectivity index (χ2n) is 3.68.